The molecule has 0 spiro atoms. The Hall–Kier alpha value is -2.01. The van der Waals surface area contributed by atoms with E-state index in [-0.39, 0.29) is 0 Å². The van der Waals surface area contributed by atoms with Gasteiger partial charge < -0.3 is 14.0 Å². The minimum absolute atomic E-state index is 0.290. The Labute approximate surface area is 137 Å². The summed E-state index contributed by atoms with van der Waals surface area (Å²) in [6.45, 7) is 3.95. The zero-order valence-electron chi connectivity index (χ0n) is 14.0. The summed E-state index contributed by atoms with van der Waals surface area (Å²) in [6.07, 6.45) is 3.17. The molecular formula is C18H24N2O3. The third-order valence-electron chi connectivity index (χ3n) is 4.49. The van der Waals surface area contributed by atoms with Gasteiger partial charge in [-0.05, 0) is 31.9 Å². The minimum Gasteiger partial charge on any atom is -0.493 e. The van der Waals surface area contributed by atoms with Crippen molar-refractivity contribution in [1.82, 2.24) is 10.1 Å². The van der Waals surface area contributed by atoms with Gasteiger partial charge in [0.2, 0.25) is 0 Å². The molecule has 2 heterocycles. The van der Waals surface area contributed by atoms with Crippen molar-refractivity contribution in [2.75, 3.05) is 20.8 Å². The second-order valence-electron chi connectivity index (χ2n) is 5.86. The number of ether oxygens (including phenoxy) is 2. The van der Waals surface area contributed by atoms with Gasteiger partial charge in [0.15, 0.2) is 17.3 Å². The van der Waals surface area contributed by atoms with Crippen LogP contribution < -0.4 is 9.47 Å². The molecule has 1 fully saturated rings. The molecule has 0 saturated carbocycles. The van der Waals surface area contributed by atoms with Gasteiger partial charge >= 0.3 is 0 Å². The summed E-state index contributed by atoms with van der Waals surface area (Å²) in [5.41, 5.74) is 2.15. The Morgan fingerprint density at radius 2 is 2.17 bits per heavy atom. The zero-order chi connectivity index (χ0) is 16.2. The number of rotatable bonds is 6. The summed E-state index contributed by atoms with van der Waals surface area (Å²) in [7, 11) is 3.36. The lowest BCUT2D eigenvalue weighted by molar-refractivity contribution is 0.203. The average Bonchev–Trinajstić information content (AvgIpc) is 3.23. The monoisotopic (exact) mass is 316 g/mol. The molecule has 0 N–H and O–H groups in total. The van der Waals surface area contributed by atoms with Crippen molar-refractivity contribution >= 4 is 0 Å². The molecule has 5 heteroatoms. The maximum Gasteiger partial charge on any atom is 0.165 e. The molecule has 2 aromatic rings. The fraction of sp³-hybridized carbons (Fsp3) is 0.500. The first-order valence-electron chi connectivity index (χ1n) is 8.16. The van der Waals surface area contributed by atoms with E-state index in [0.717, 1.165) is 54.4 Å². The van der Waals surface area contributed by atoms with Crippen molar-refractivity contribution in [2.45, 2.75) is 38.8 Å². The van der Waals surface area contributed by atoms with Crippen LogP contribution in [-0.4, -0.2) is 30.8 Å². The number of nitrogens with zero attached hydrogens (tertiary/aromatic N) is 2. The van der Waals surface area contributed by atoms with E-state index in [1.807, 2.05) is 12.1 Å². The first-order chi connectivity index (χ1) is 11.3. The van der Waals surface area contributed by atoms with E-state index in [1.54, 1.807) is 14.2 Å². The van der Waals surface area contributed by atoms with Crippen LogP contribution in [0.4, 0.5) is 0 Å². The summed E-state index contributed by atoms with van der Waals surface area (Å²) >= 11 is 0. The van der Waals surface area contributed by atoms with Crippen LogP contribution in [0.15, 0.2) is 28.8 Å². The number of aryl methyl sites for hydroxylation is 1. The second-order valence-corrected chi connectivity index (χ2v) is 5.86. The predicted molar refractivity (Wildman–Crippen MR) is 87.8 cm³/mol. The second kappa shape index (κ2) is 7.04. The van der Waals surface area contributed by atoms with Gasteiger partial charge in [-0.2, -0.15) is 0 Å². The van der Waals surface area contributed by atoms with E-state index in [0.29, 0.717) is 6.04 Å². The number of aromatic nitrogens is 1. The van der Waals surface area contributed by atoms with Crippen molar-refractivity contribution < 1.29 is 14.0 Å². The van der Waals surface area contributed by atoms with Gasteiger partial charge in [0.05, 0.1) is 26.0 Å². The van der Waals surface area contributed by atoms with Gasteiger partial charge in [-0.3, -0.25) is 4.90 Å². The lowest BCUT2D eigenvalue weighted by Gasteiger charge is -2.23. The Morgan fingerprint density at radius 1 is 1.30 bits per heavy atom. The molecule has 23 heavy (non-hydrogen) atoms. The number of methoxy groups -OCH3 is 2. The number of hydrogen-bond acceptors (Lipinski definition) is 5. The van der Waals surface area contributed by atoms with Crippen LogP contribution in [0.2, 0.25) is 0 Å². The number of benzene rings is 1. The van der Waals surface area contributed by atoms with E-state index in [2.05, 4.69) is 29.1 Å². The molecule has 1 atom stereocenters. The van der Waals surface area contributed by atoms with Crippen LogP contribution in [0, 0.1) is 0 Å². The summed E-state index contributed by atoms with van der Waals surface area (Å²) in [5, 5.41) is 4.14. The Kier molecular flexibility index (Phi) is 4.86. The van der Waals surface area contributed by atoms with Crippen molar-refractivity contribution in [2.24, 2.45) is 0 Å². The fourth-order valence-corrected chi connectivity index (χ4v) is 3.29. The van der Waals surface area contributed by atoms with Crippen molar-refractivity contribution in [1.29, 1.82) is 0 Å². The molecule has 0 bridgehead atoms. The maximum atomic E-state index is 5.56. The van der Waals surface area contributed by atoms with Crippen LogP contribution >= 0.6 is 0 Å². The Morgan fingerprint density at radius 3 is 2.87 bits per heavy atom. The highest BCUT2D eigenvalue weighted by molar-refractivity contribution is 5.46. The molecular weight excluding hydrogens is 292 g/mol. The maximum absolute atomic E-state index is 5.56. The third-order valence-corrected chi connectivity index (χ3v) is 4.49. The summed E-state index contributed by atoms with van der Waals surface area (Å²) < 4.78 is 16.5. The molecule has 0 unspecified atom stereocenters. The lowest BCUT2D eigenvalue weighted by atomic mass is 10.1. The van der Waals surface area contributed by atoms with Crippen molar-refractivity contribution in [3.63, 3.8) is 0 Å². The smallest absolute Gasteiger partial charge is 0.165 e. The molecule has 0 aliphatic carbocycles. The highest BCUT2D eigenvalue weighted by Crippen LogP contribution is 2.37. The Bertz CT molecular complexity index is 653. The van der Waals surface area contributed by atoms with E-state index in [9.17, 15) is 0 Å². The predicted octanol–water partition coefficient (Wildman–Crippen LogP) is 3.59. The van der Waals surface area contributed by atoms with Crippen LogP contribution in [-0.2, 0) is 13.0 Å². The van der Waals surface area contributed by atoms with Gasteiger partial charge in [-0.15, -0.1) is 0 Å². The highest BCUT2D eigenvalue weighted by Gasteiger charge is 2.30. The molecule has 5 nitrogen and oxygen atoms in total. The number of hydrogen-bond donors (Lipinski definition) is 0. The third kappa shape index (κ3) is 3.20. The topological polar surface area (TPSA) is 47.7 Å². The molecule has 124 valence electrons. The number of likely N-dealkylation sites (tertiary alicyclic amines) is 1. The van der Waals surface area contributed by atoms with E-state index < -0.39 is 0 Å². The quantitative estimate of drug-likeness (QED) is 0.815. The largest absolute Gasteiger partial charge is 0.493 e. The molecule has 1 aromatic carbocycles. The molecule has 3 rings (SSSR count). The van der Waals surface area contributed by atoms with Crippen LogP contribution in [0.1, 0.15) is 42.8 Å². The fourth-order valence-electron chi connectivity index (χ4n) is 3.29. The van der Waals surface area contributed by atoms with Crippen LogP contribution in [0.25, 0.3) is 0 Å². The lowest BCUT2D eigenvalue weighted by Crippen LogP contribution is -2.22. The average molecular weight is 316 g/mol. The summed E-state index contributed by atoms with van der Waals surface area (Å²) in [6, 6.07) is 8.40. The molecule has 0 radical (unpaired) electrons. The highest BCUT2D eigenvalue weighted by atomic mass is 16.5. The van der Waals surface area contributed by atoms with E-state index >= 15 is 0 Å². The van der Waals surface area contributed by atoms with Crippen LogP contribution in [0.3, 0.4) is 0 Å². The molecule has 1 aliphatic rings. The summed E-state index contributed by atoms with van der Waals surface area (Å²) in [5.74, 6) is 2.56. The van der Waals surface area contributed by atoms with Gasteiger partial charge in [0.25, 0.3) is 0 Å². The van der Waals surface area contributed by atoms with E-state index in [1.165, 1.54) is 6.42 Å². The molecule has 0 amide bonds. The van der Waals surface area contributed by atoms with Gasteiger partial charge in [0, 0.05) is 18.2 Å². The van der Waals surface area contributed by atoms with Gasteiger partial charge in [-0.25, -0.2) is 0 Å². The summed E-state index contributed by atoms with van der Waals surface area (Å²) in [4.78, 5) is 2.43. The normalized spacial score (nSPS) is 18.3. The number of para-hydroxylation sites is 1. The standard InChI is InChI=1S/C18H24N2O3/c1-4-14-11-17(23-19-14)15-8-6-10-20(15)12-13-7-5-9-16(21-2)18(13)22-3/h5,7,9,11,15H,4,6,8,10,12H2,1-3H3/t15-/m1/s1. The van der Waals surface area contributed by atoms with Gasteiger partial charge in [-0.1, -0.05) is 24.2 Å². The molecule has 1 aliphatic heterocycles. The van der Waals surface area contributed by atoms with Crippen molar-refractivity contribution in [3.05, 3.63) is 41.3 Å². The van der Waals surface area contributed by atoms with E-state index in [4.69, 9.17) is 14.0 Å². The van der Waals surface area contributed by atoms with Crippen LogP contribution in [0.5, 0.6) is 11.5 Å². The Balaban J connectivity index is 1.81. The molecule has 1 aromatic heterocycles. The molecule has 1 saturated heterocycles. The first kappa shape index (κ1) is 15.9. The first-order valence-corrected chi connectivity index (χ1v) is 8.16. The van der Waals surface area contributed by atoms with Gasteiger partial charge in [0.1, 0.15) is 0 Å². The SMILES string of the molecule is CCc1cc([C@H]2CCCN2Cc2cccc(OC)c2OC)on1. The minimum atomic E-state index is 0.290. The zero-order valence-corrected chi connectivity index (χ0v) is 14.0. The van der Waals surface area contributed by atoms with Crippen molar-refractivity contribution in [3.8, 4) is 11.5 Å².